The Kier molecular flexibility index (Phi) is 6.24. The maximum atomic E-state index is 12.4. The lowest BCUT2D eigenvalue weighted by Gasteiger charge is -2.26. The Morgan fingerprint density at radius 3 is 2.84 bits per heavy atom. The van der Waals surface area contributed by atoms with Crippen LogP contribution in [-0.2, 0) is 9.53 Å². The minimum atomic E-state index is -2.35. The van der Waals surface area contributed by atoms with E-state index in [2.05, 4.69) is 10.3 Å². The molecule has 1 aliphatic carbocycles. The van der Waals surface area contributed by atoms with Crippen molar-refractivity contribution in [1.29, 1.82) is 0 Å². The van der Waals surface area contributed by atoms with Gasteiger partial charge in [0.15, 0.2) is 4.34 Å². The molecule has 1 saturated carbocycles. The number of hydrogen-bond donors (Lipinski definition) is 1. The zero-order valence-electron chi connectivity index (χ0n) is 13.8. The Bertz CT molecular complexity index is 731. The second-order valence-corrected chi connectivity index (χ2v) is 8.36. The van der Waals surface area contributed by atoms with Crippen molar-refractivity contribution in [3.8, 4) is 0 Å². The zero-order valence-corrected chi connectivity index (χ0v) is 15.5. The molecule has 0 radical (unpaired) electrons. The third-order valence-corrected chi connectivity index (χ3v) is 6.52. The number of thiazole rings is 1. The van der Waals surface area contributed by atoms with Crippen molar-refractivity contribution < 1.29 is 18.3 Å². The normalized spacial score (nSPS) is 21.0. The number of ether oxygens (including phenoxy) is 1. The molecule has 0 bridgehead atoms. The van der Waals surface area contributed by atoms with Crippen LogP contribution < -0.4 is 5.32 Å². The number of anilines is 1. The van der Waals surface area contributed by atoms with E-state index in [4.69, 9.17) is 4.74 Å². The van der Waals surface area contributed by atoms with Gasteiger partial charge in [0.1, 0.15) is 0 Å². The summed E-state index contributed by atoms with van der Waals surface area (Å²) in [5.41, 5.74) is 1.49. The fourth-order valence-corrected chi connectivity index (χ4v) is 4.86. The summed E-state index contributed by atoms with van der Waals surface area (Å²) < 4.78 is 31.5. The maximum absolute atomic E-state index is 12.4. The molecule has 25 heavy (non-hydrogen) atoms. The first-order chi connectivity index (χ1) is 12.0. The van der Waals surface area contributed by atoms with Gasteiger partial charge in [-0.2, -0.15) is 0 Å². The SMILES string of the molecule is COC1CCC(C(=O)Nc2ccc3nc(SCC(F)F)sc3c2)CC1. The molecule has 0 aliphatic heterocycles. The van der Waals surface area contributed by atoms with Crippen molar-refractivity contribution in [2.45, 2.75) is 42.6 Å². The van der Waals surface area contributed by atoms with Gasteiger partial charge in [0.2, 0.25) is 12.3 Å². The van der Waals surface area contributed by atoms with Gasteiger partial charge in [0.05, 0.1) is 22.1 Å². The highest BCUT2D eigenvalue weighted by Crippen LogP contribution is 2.32. The average molecular weight is 386 g/mol. The molecule has 4 nitrogen and oxygen atoms in total. The third kappa shape index (κ3) is 4.89. The van der Waals surface area contributed by atoms with Crippen LogP contribution in [0, 0.1) is 5.92 Å². The van der Waals surface area contributed by atoms with Crippen LogP contribution >= 0.6 is 23.1 Å². The van der Waals surface area contributed by atoms with Crippen molar-refractivity contribution in [3.05, 3.63) is 18.2 Å². The van der Waals surface area contributed by atoms with Gasteiger partial charge in [-0.05, 0) is 43.9 Å². The first kappa shape index (κ1) is 18.5. The molecule has 0 atom stereocenters. The lowest BCUT2D eigenvalue weighted by Crippen LogP contribution is -2.29. The van der Waals surface area contributed by atoms with Gasteiger partial charge in [-0.1, -0.05) is 11.8 Å². The van der Waals surface area contributed by atoms with Crippen LogP contribution in [0.2, 0.25) is 0 Å². The smallest absolute Gasteiger partial charge is 0.248 e. The van der Waals surface area contributed by atoms with E-state index in [0.717, 1.165) is 53.3 Å². The summed E-state index contributed by atoms with van der Waals surface area (Å²) in [5.74, 6) is -0.209. The fraction of sp³-hybridized carbons (Fsp3) is 0.529. The van der Waals surface area contributed by atoms with Crippen LogP contribution in [0.3, 0.4) is 0 Å². The highest BCUT2D eigenvalue weighted by atomic mass is 32.2. The molecule has 1 aromatic carbocycles. The number of thioether (sulfide) groups is 1. The topological polar surface area (TPSA) is 51.2 Å². The van der Waals surface area contributed by atoms with Gasteiger partial charge in [0, 0.05) is 18.7 Å². The Labute approximate surface area is 153 Å². The summed E-state index contributed by atoms with van der Waals surface area (Å²) in [4.78, 5) is 16.8. The molecular formula is C17H20F2N2O2S2. The van der Waals surface area contributed by atoms with E-state index < -0.39 is 6.43 Å². The summed E-state index contributed by atoms with van der Waals surface area (Å²) >= 11 is 2.43. The lowest BCUT2D eigenvalue weighted by molar-refractivity contribution is -0.121. The van der Waals surface area contributed by atoms with E-state index in [1.807, 2.05) is 18.2 Å². The average Bonchev–Trinajstić information content (AvgIpc) is 3.02. The maximum Gasteiger partial charge on any atom is 0.248 e. The minimum absolute atomic E-state index is 0.0146. The number of nitrogens with zero attached hydrogens (tertiary/aromatic N) is 1. The van der Waals surface area contributed by atoms with Gasteiger partial charge in [0.25, 0.3) is 0 Å². The highest BCUT2D eigenvalue weighted by molar-refractivity contribution is 8.01. The van der Waals surface area contributed by atoms with E-state index in [1.54, 1.807) is 7.11 Å². The molecule has 0 unspecified atom stereocenters. The quantitative estimate of drug-likeness (QED) is 0.725. The van der Waals surface area contributed by atoms with Crippen LogP contribution in [0.15, 0.2) is 22.5 Å². The fourth-order valence-electron chi connectivity index (χ4n) is 2.98. The molecule has 1 fully saturated rings. The van der Waals surface area contributed by atoms with E-state index in [0.29, 0.717) is 4.34 Å². The molecule has 1 heterocycles. The van der Waals surface area contributed by atoms with Crippen molar-refractivity contribution in [2.75, 3.05) is 18.2 Å². The van der Waals surface area contributed by atoms with E-state index >= 15 is 0 Å². The molecular weight excluding hydrogens is 366 g/mol. The summed E-state index contributed by atoms with van der Waals surface area (Å²) in [6.45, 7) is 0. The van der Waals surface area contributed by atoms with Crippen molar-refractivity contribution >= 4 is 44.9 Å². The number of carbonyl (C=O) groups excluding carboxylic acids is 1. The summed E-state index contributed by atoms with van der Waals surface area (Å²) in [7, 11) is 1.71. The predicted octanol–water partition coefficient (Wildman–Crippen LogP) is 4.80. The third-order valence-electron chi connectivity index (χ3n) is 4.35. The number of methoxy groups -OCH3 is 1. The molecule has 1 aromatic heterocycles. The Hall–Kier alpha value is -1.25. The number of fused-ring (bicyclic) bond motifs is 1. The minimum Gasteiger partial charge on any atom is -0.381 e. The van der Waals surface area contributed by atoms with Gasteiger partial charge in [-0.3, -0.25) is 4.79 Å². The largest absolute Gasteiger partial charge is 0.381 e. The van der Waals surface area contributed by atoms with Crippen LogP contribution in [0.4, 0.5) is 14.5 Å². The highest BCUT2D eigenvalue weighted by Gasteiger charge is 2.26. The number of amides is 1. The summed E-state index contributed by atoms with van der Waals surface area (Å²) in [6.07, 6.45) is 1.41. The summed E-state index contributed by atoms with van der Waals surface area (Å²) in [5, 5.41) is 2.97. The molecule has 1 amide bonds. The van der Waals surface area contributed by atoms with E-state index in [-0.39, 0.29) is 23.7 Å². The molecule has 0 saturated heterocycles. The van der Waals surface area contributed by atoms with Gasteiger partial charge >= 0.3 is 0 Å². The van der Waals surface area contributed by atoms with E-state index in [9.17, 15) is 13.6 Å². The predicted molar refractivity (Wildman–Crippen MR) is 97.7 cm³/mol. The number of halogens is 2. The first-order valence-corrected chi connectivity index (χ1v) is 10.0. The standard InChI is InChI=1S/C17H20F2N2O2S2/c1-23-12-5-2-10(3-6-12)16(22)20-11-4-7-13-14(8-11)25-17(21-13)24-9-15(18)19/h4,7-8,10,12,15H,2-3,5-6,9H2,1H3,(H,20,22). The molecule has 2 aromatic rings. The number of carbonyl (C=O) groups is 1. The van der Waals surface area contributed by atoms with Crippen molar-refractivity contribution in [3.63, 3.8) is 0 Å². The van der Waals surface area contributed by atoms with E-state index in [1.165, 1.54) is 11.3 Å². The first-order valence-electron chi connectivity index (χ1n) is 8.20. The molecule has 136 valence electrons. The Morgan fingerprint density at radius 2 is 2.16 bits per heavy atom. The number of rotatable bonds is 6. The van der Waals surface area contributed by atoms with Crippen LogP contribution in [0.5, 0.6) is 0 Å². The van der Waals surface area contributed by atoms with Crippen molar-refractivity contribution in [2.24, 2.45) is 5.92 Å². The number of nitrogens with one attached hydrogen (secondary N) is 1. The second-order valence-electron chi connectivity index (χ2n) is 6.06. The van der Waals surface area contributed by atoms with Crippen LogP contribution in [0.25, 0.3) is 10.2 Å². The summed E-state index contributed by atoms with van der Waals surface area (Å²) in [6, 6.07) is 5.48. The molecule has 1 N–H and O–H groups in total. The van der Waals surface area contributed by atoms with Crippen molar-refractivity contribution in [1.82, 2.24) is 4.98 Å². The number of benzene rings is 1. The monoisotopic (exact) mass is 386 g/mol. The molecule has 3 rings (SSSR count). The number of hydrogen-bond acceptors (Lipinski definition) is 5. The molecule has 0 spiro atoms. The lowest BCUT2D eigenvalue weighted by atomic mass is 9.87. The van der Waals surface area contributed by atoms with Gasteiger partial charge in [-0.15, -0.1) is 11.3 Å². The molecule has 1 aliphatic rings. The van der Waals surface area contributed by atoms with Crippen LogP contribution in [0.1, 0.15) is 25.7 Å². The Balaban J connectivity index is 1.62. The zero-order chi connectivity index (χ0) is 17.8. The van der Waals surface area contributed by atoms with Gasteiger partial charge < -0.3 is 10.1 Å². The van der Waals surface area contributed by atoms with Crippen LogP contribution in [-0.4, -0.2) is 36.3 Å². The number of aromatic nitrogens is 1. The van der Waals surface area contributed by atoms with Gasteiger partial charge in [-0.25, -0.2) is 13.8 Å². The number of alkyl halides is 2. The molecule has 8 heteroatoms. The second kappa shape index (κ2) is 8.42. The Morgan fingerprint density at radius 1 is 1.40 bits per heavy atom.